The molecule has 0 rings (SSSR count). The third-order valence-corrected chi connectivity index (χ3v) is 1.84. The minimum absolute atomic E-state index is 0.0363. The first kappa shape index (κ1) is 13.4. The van der Waals surface area contributed by atoms with Gasteiger partial charge in [0.2, 0.25) is 5.91 Å². The fourth-order valence-corrected chi connectivity index (χ4v) is 1.21. The second kappa shape index (κ2) is 7.73. The summed E-state index contributed by atoms with van der Waals surface area (Å²) in [5.41, 5.74) is 5.59. The van der Waals surface area contributed by atoms with Crippen molar-refractivity contribution in [2.45, 2.75) is 19.4 Å². The summed E-state index contributed by atoms with van der Waals surface area (Å²) in [6.07, 6.45) is 0.853. The molecule has 0 bridgehead atoms. The molecule has 0 aromatic carbocycles. The molecule has 1 atom stereocenters. The van der Waals surface area contributed by atoms with Gasteiger partial charge in [-0.05, 0) is 6.42 Å². The van der Waals surface area contributed by atoms with Crippen LogP contribution < -0.4 is 5.73 Å². The first-order valence-electron chi connectivity index (χ1n) is 4.81. The maximum atomic E-state index is 11.6. The van der Waals surface area contributed by atoms with E-state index < -0.39 is 6.04 Å². The molecule has 3 N–H and O–H groups in total. The van der Waals surface area contributed by atoms with Gasteiger partial charge in [0.1, 0.15) is 6.04 Å². The molecule has 1 unspecified atom stereocenters. The summed E-state index contributed by atoms with van der Waals surface area (Å²) in [5.74, 6) is -0.164. The number of nitrogens with two attached hydrogens (primary N) is 1. The van der Waals surface area contributed by atoms with Gasteiger partial charge in [0.15, 0.2) is 0 Å². The van der Waals surface area contributed by atoms with Gasteiger partial charge in [-0.3, -0.25) is 4.79 Å². The number of carbonyl (C=O) groups excluding carboxylic acids is 1. The van der Waals surface area contributed by atoms with Gasteiger partial charge >= 0.3 is 0 Å². The predicted molar refractivity (Wildman–Crippen MR) is 53.8 cm³/mol. The van der Waals surface area contributed by atoms with Gasteiger partial charge in [-0.25, -0.2) is 0 Å². The van der Waals surface area contributed by atoms with E-state index in [1.165, 1.54) is 7.11 Å². The molecule has 0 aliphatic carbocycles. The minimum Gasteiger partial charge on any atom is -0.395 e. The highest BCUT2D eigenvalue weighted by Gasteiger charge is 2.19. The average Bonchev–Trinajstić information content (AvgIpc) is 2.17. The lowest BCUT2D eigenvalue weighted by atomic mass is 10.2. The molecule has 0 aliphatic heterocycles. The number of rotatable bonds is 7. The number of aliphatic hydroxyl groups excluding tert-OH is 1. The highest BCUT2D eigenvalue weighted by atomic mass is 16.5. The summed E-state index contributed by atoms with van der Waals surface area (Å²) in [6.45, 7) is 3.11. The number of hydrogen-bond donors (Lipinski definition) is 2. The molecule has 1 amide bonds. The van der Waals surface area contributed by atoms with E-state index in [1.54, 1.807) is 4.90 Å². The number of aliphatic hydroxyl groups is 1. The van der Waals surface area contributed by atoms with Crippen molar-refractivity contribution < 1.29 is 14.6 Å². The molecule has 0 saturated heterocycles. The van der Waals surface area contributed by atoms with E-state index in [0.29, 0.717) is 13.1 Å². The van der Waals surface area contributed by atoms with Crippen LogP contribution in [0.25, 0.3) is 0 Å². The Morgan fingerprint density at radius 2 is 2.21 bits per heavy atom. The van der Waals surface area contributed by atoms with E-state index in [1.807, 2.05) is 6.92 Å². The van der Waals surface area contributed by atoms with Crippen molar-refractivity contribution in [1.82, 2.24) is 4.90 Å². The molecule has 5 heteroatoms. The van der Waals surface area contributed by atoms with E-state index in [9.17, 15) is 4.79 Å². The molecule has 0 heterocycles. The van der Waals surface area contributed by atoms with E-state index >= 15 is 0 Å². The van der Waals surface area contributed by atoms with Crippen LogP contribution in [0.15, 0.2) is 0 Å². The number of carbonyl (C=O) groups is 1. The number of ether oxygens (including phenoxy) is 1. The highest BCUT2D eigenvalue weighted by Crippen LogP contribution is 1.96. The molecule has 5 nitrogen and oxygen atoms in total. The quantitative estimate of drug-likeness (QED) is 0.569. The largest absolute Gasteiger partial charge is 0.395 e. The summed E-state index contributed by atoms with van der Waals surface area (Å²) >= 11 is 0. The van der Waals surface area contributed by atoms with Crippen LogP contribution in [0.1, 0.15) is 13.3 Å². The molecular weight excluding hydrogens is 184 g/mol. The smallest absolute Gasteiger partial charge is 0.241 e. The predicted octanol–water partition coefficient (Wildman–Crippen LogP) is -0.809. The van der Waals surface area contributed by atoms with Crippen molar-refractivity contribution in [2.24, 2.45) is 5.73 Å². The number of amides is 1. The Balaban J connectivity index is 4.11. The zero-order valence-corrected chi connectivity index (χ0v) is 8.90. The van der Waals surface area contributed by atoms with Crippen molar-refractivity contribution in [3.8, 4) is 0 Å². The molecule has 0 aromatic heterocycles. The molecule has 0 aliphatic rings. The Hall–Kier alpha value is -0.650. The van der Waals surface area contributed by atoms with E-state index in [-0.39, 0.29) is 19.1 Å². The van der Waals surface area contributed by atoms with Crippen LogP contribution in [0, 0.1) is 0 Å². The maximum absolute atomic E-state index is 11.6. The maximum Gasteiger partial charge on any atom is 0.241 e. The Morgan fingerprint density at radius 1 is 1.57 bits per heavy atom. The van der Waals surface area contributed by atoms with Gasteiger partial charge in [-0.15, -0.1) is 0 Å². The van der Waals surface area contributed by atoms with Gasteiger partial charge < -0.3 is 20.5 Å². The lowest BCUT2D eigenvalue weighted by Crippen LogP contribution is -2.47. The molecule has 14 heavy (non-hydrogen) atoms. The normalized spacial score (nSPS) is 12.6. The highest BCUT2D eigenvalue weighted by molar-refractivity contribution is 5.81. The topological polar surface area (TPSA) is 75.8 Å². The molecule has 0 radical (unpaired) electrons. The Morgan fingerprint density at radius 3 is 2.64 bits per heavy atom. The summed E-state index contributed by atoms with van der Waals surface area (Å²) in [5, 5.41) is 8.76. The van der Waals surface area contributed by atoms with Crippen LogP contribution in [-0.4, -0.2) is 55.4 Å². The third-order valence-electron chi connectivity index (χ3n) is 1.84. The summed E-state index contributed by atoms with van der Waals surface area (Å²) in [7, 11) is 1.50. The van der Waals surface area contributed by atoms with Crippen LogP contribution in [0.4, 0.5) is 0 Å². The van der Waals surface area contributed by atoms with Crippen LogP contribution in [0.3, 0.4) is 0 Å². The molecule has 0 aromatic rings. The fraction of sp³-hybridized carbons (Fsp3) is 0.889. The fourth-order valence-electron chi connectivity index (χ4n) is 1.21. The van der Waals surface area contributed by atoms with Crippen LogP contribution >= 0.6 is 0 Å². The molecule has 84 valence electrons. The SMILES string of the molecule is CCCN(CCO)C(=O)C(N)COC. The number of nitrogens with zero attached hydrogens (tertiary/aromatic N) is 1. The number of methoxy groups -OCH3 is 1. The van der Waals surface area contributed by atoms with Gasteiger partial charge in [-0.2, -0.15) is 0 Å². The zero-order valence-electron chi connectivity index (χ0n) is 8.90. The van der Waals surface area contributed by atoms with Gasteiger partial charge in [0.25, 0.3) is 0 Å². The first-order valence-corrected chi connectivity index (χ1v) is 4.81. The lowest BCUT2D eigenvalue weighted by Gasteiger charge is -2.24. The van der Waals surface area contributed by atoms with E-state index in [4.69, 9.17) is 15.6 Å². The lowest BCUT2D eigenvalue weighted by molar-refractivity contribution is -0.134. The average molecular weight is 204 g/mol. The first-order chi connectivity index (χ1) is 6.67. The van der Waals surface area contributed by atoms with E-state index in [2.05, 4.69) is 0 Å². The summed E-state index contributed by atoms with van der Waals surface area (Å²) in [6, 6.07) is -0.627. The Kier molecular flexibility index (Phi) is 7.37. The van der Waals surface area contributed by atoms with Crippen molar-refractivity contribution in [3.63, 3.8) is 0 Å². The van der Waals surface area contributed by atoms with Crippen LogP contribution in [0.5, 0.6) is 0 Å². The van der Waals surface area contributed by atoms with Gasteiger partial charge in [-0.1, -0.05) is 6.92 Å². The minimum atomic E-state index is -0.627. The monoisotopic (exact) mass is 204 g/mol. The Bertz CT molecular complexity index is 158. The van der Waals surface area contributed by atoms with Gasteiger partial charge in [0.05, 0.1) is 13.2 Å². The molecule has 0 spiro atoms. The van der Waals surface area contributed by atoms with Crippen molar-refractivity contribution in [3.05, 3.63) is 0 Å². The van der Waals surface area contributed by atoms with Gasteiger partial charge in [0, 0.05) is 20.2 Å². The van der Waals surface area contributed by atoms with Crippen molar-refractivity contribution in [1.29, 1.82) is 0 Å². The standard InChI is InChI=1S/C9H20N2O3/c1-3-4-11(5-6-12)9(13)8(10)7-14-2/h8,12H,3-7,10H2,1-2H3. The summed E-state index contributed by atoms with van der Waals surface area (Å²) < 4.78 is 4.80. The Labute approximate surface area is 84.8 Å². The summed E-state index contributed by atoms with van der Waals surface area (Å²) in [4.78, 5) is 13.2. The molecular formula is C9H20N2O3. The molecule has 0 fully saturated rings. The second-order valence-corrected chi connectivity index (χ2v) is 3.11. The molecule has 0 saturated carbocycles. The second-order valence-electron chi connectivity index (χ2n) is 3.11. The van der Waals surface area contributed by atoms with Crippen molar-refractivity contribution in [2.75, 3.05) is 33.4 Å². The van der Waals surface area contributed by atoms with Crippen LogP contribution in [0.2, 0.25) is 0 Å². The number of hydrogen-bond acceptors (Lipinski definition) is 4. The van der Waals surface area contributed by atoms with Crippen LogP contribution in [-0.2, 0) is 9.53 Å². The van der Waals surface area contributed by atoms with E-state index in [0.717, 1.165) is 6.42 Å². The third kappa shape index (κ3) is 4.55. The van der Waals surface area contributed by atoms with Crippen molar-refractivity contribution >= 4 is 5.91 Å². The zero-order chi connectivity index (χ0) is 11.0.